The molecular formula is C36H62N8O19. The van der Waals surface area contributed by atoms with E-state index in [0.29, 0.717) is 12.8 Å². The summed E-state index contributed by atoms with van der Waals surface area (Å²) in [6, 6.07) is -8.79. The lowest BCUT2D eigenvalue weighted by molar-refractivity contribution is -0.333. The van der Waals surface area contributed by atoms with E-state index in [1.54, 1.807) is 0 Å². The van der Waals surface area contributed by atoms with E-state index in [0.717, 1.165) is 13.8 Å². The molecule has 0 aromatic carbocycles. The minimum atomic E-state index is -1.88. The van der Waals surface area contributed by atoms with Gasteiger partial charge in [-0.05, 0) is 46.1 Å². The Morgan fingerprint density at radius 2 is 1.30 bits per heavy atom. The molecule has 0 aromatic rings. The zero-order chi connectivity index (χ0) is 47.7. The first-order chi connectivity index (χ1) is 29.6. The lowest BCUT2D eigenvalue weighted by Gasteiger charge is -2.48. The molecule has 63 heavy (non-hydrogen) atoms. The number of hydrogen-bond acceptors (Lipinski definition) is 19. The van der Waals surface area contributed by atoms with Gasteiger partial charge in [-0.1, -0.05) is 0 Å². The third-order valence-corrected chi connectivity index (χ3v) is 9.96. The van der Waals surface area contributed by atoms with Crippen LogP contribution in [0, 0.1) is 0 Å². The van der Waals surface area contributed by atoms with Crippen LogP contribution in [0.2, 0.25) is 0 Å². The van der Waals surface area contributed by atoms with Gasteiger partial charge in [0.2, 0.25) is 41.4 Å². The minimum Gasteiger partial charge on any atom is -0.480 e. The van der Waals surface area contributed by atoms with E-state index in [1.807, 2.05) is 0 Å². The van der Waals surface area contributed by atoms with Crippen molar-refractivity contribution in [2.24, 2.45) is 11.5 Å². The van der Waals surface area contributed by atoms with Gasteiger partial charge in [-0.3, -0.25) is 33.6 Å². The first kappa shape index (κ1) is 54.5. The molecule has 2 heterocycles. The van der Waals surface area contributed by atoms with Crippen LogP contribution in [0.15, 0.2) is 0 Å². The van der Waals surface area contributed by atoms with E-state index in [2.05, 4.69) is 31.9 Å². The highest BCUT2D eigenvalue weighted by Crippen LogP contribution is 2.31. The molecule has 15 unspecified atom stereocenters. The predicted octanol–water partition coefficient (Wildman–Crippen LogP) is -8.27. The van der Waals surface area contributed by atoms with Gasteiger partial charge in [0.05, 0.1) is 19.8 Å². The maximum atomic E-state index is 13.5. The summed E-state index contributed by atoms with van der Waals surface area (Å²) < 4.78 is 23.1. The maximum absolute atomic E-state index is 13.5. The molecule has 2 aliphatic heterocycles. The molecule has 7 amide bonds. The van der Waals surface area contributed by atoms with Crippen LogP contribution >= 0.6 is 0 Å². The Kier molecular flexibility index (Phi) is 22.6. The van der Waals surface area contributed by atoms with Crippen molar-refractivity contribution in [2.45, 2.75) is 151 Å². The molecule has 0 radical (unpaired) electrons. The Bertz CT molecular complexity index is 1580. The Labute approximate surface area is 361 Å². The van der Waals surface area contributed by atoms with E-state index in [-0.39, 0.29) is 19.4 Å². The predicted molar refractivity (Wildman–Crippen MR) is 210 cm³/mol. The number of aliphatic carboxylic acids is 1. The Morgan fingerprint density at radius 3 is 1.84 bits per heavy atom. The van der Waals surface area contributed by atoms with Crippen molar-refractivity contribution in [3.63, 3.8) is 0 Å². The molecule has 2 aliphatic rings. The lowest BCUT2D eigenvalue weighted by Crippen LogP contribution is -2.70. The van der Waals surface area contributed by atoms with E-state index in [9.17, 15) is 74.1 Å². The number of hydrogen-bond donors (Lipinski definition) is 15. The summed E-state index contributed by atoms with van der Waals surface area (Å²) in [7, 11) is 0. The number of carbonyl (C=O) groups is 8. The number of nitrogens with two attached hydrogens (primary N) is 2. The SMILES string of the molecule is CC(=O)NC1C(OC2C(CO)OC(O)C(NC(C)=O)C2OC(C)C(=O)NC(C)C(=O)NC(CCC(=O)NC(CCCCN)C(=O)NC(CO)C(=O)O)C(N)=O)OC(CO)C(O)C1O. The zero-order valence-electron chi connectivity index (χ0n) is 35.2. The van der Waals surface area contributed by atoms with E-state index < -0.39 is 165 Å². The topological polar surface area (TPSA) is 439 Å². The molecule has 0 aliphatic carbocycles. The van der Waals surface area contributed by atoms with E-state index in [1.165, 1.54) is 13.8 Å². The fraction of sp³-hybridized carbons (Fsp3) is 0.778. The number of rotatable bonds is 25. The number of amides is 7. The van der Waals surface area contributed by atoms with Gasteiger partial charge in [0, 0.05) is 20.3 Å². The van der Waals surface area contributed by atoms with Crippen molar-refractivity contribution in [1.29, 1.82) is 0 Å². The molecule has 17 N–H and O–H groups in total. The summed E-state index contributed by atoms with van der Waals surface area (Å²) in [5.74, 6) is -7.62. The van der Waals surface area contributed by atoms with Crippen LogP contribution in [-0.2, 0) is 57.3 Å². The highest BCUT2D eigenvalue weighted by molar-refractivity contribution is 5.93. The molecule has 2 rings (SSSR count). The van der Waals surface area contributed by atoms with Gasteiger partial charge in [0.25, 0.3) is 0 Å². The smallest absolute Gasteiger partial charge is 0.328 e. The number of unbranched alkanes of at least 4 members (excludes halogenated alkanes) is 1. The van der Waals surface area contributed by atoms with E-state index in [4.69, 9.17) is 30.4 Å². The third-order valence-electron chi connectivity index (χ3n) is 9.96. The summed E-state index contributed by atoms with van der Waals surface area (Å²) in [6.07, 6.45) is -14.7. The second-order valence-electron chi connectivity index (χ2n) is 15.0. The fourth-order valence-corrected chi connectivity index (χ4v) is 6.56. The summed E-state index contributed by atoms with van der Waals surface area (Å²) >= 11 is 0. The number of aliphatic hydroxyl groups excluding tert-OH is 6. The fourth-order valence-electron chi connectivity index (χ4n) is 6.56. The second-order valence-corrected chi connectivity index (χ2v) is 15.0. The normalized spacial score (nSPS) is 28.2. The number of nitrogens with one attached hydrogen (secondary N) is 6. The average molecular weight is 911 g/mol. The summed E-state index contributed by atoms with van der Waals surface area (Å²) in [5, 5.41) is 84.5. The molecule has 2 fully saturated rings. The Hall–Kier alpha value is -4.68. The largest absolute Gasteiger partial charge is 0.480 e. The first-order valence-electron chi connectivity index (χ1n) is 20.1. The van der Waals surface area contributed by atoms with Gasteiger partial charge < -0.3 is 98.1 Å². The highest BCUT2D eigenvalue weighted by atomic mass is 16.7. The Balaban J connectivity index is 2.21. The summed E-state index contributed by atoms with van der Waals surface area (Å²) in [5.41, 5.74) is 11.0. The number of aliphatic hydroxyl groups is 6. The average Bonchev–Trinajstić information content (AvgIpc) is 3.21. The van der Waals surface area contributed by atoms with Crippen LogP contribution in [0.5, 0.6) is 0 Å². The zero-order valence-corrected chi connectivity index (χ0v) is 35.2. The van der Waals surface area contributed by atoms with E-state index >= 15 is 0 Å². The molecule has 0 spiro atoms. The van der Waals surface area contributed by atoms with Crippen molar-refractivity contribution >= 4 is 47.3 Å². The third kappa shape index (κ3) is 16.4. The standard InChI is InChI=1S/C36H62N8O19/c1-14(31(54)43-18(30(38)53)8-9-23(50)42-19(7-5-6-10-37)33(56)44-20(11-45)34(57)58)39-32(55)15(2)60-29-25(41-17(4)49)35(59)61-22(13-47)28(29)63-36-24(40-16(3)48)27(52)26(51)21(12-46)62-36/h14-15,18-22,24-29,35-36,45-47,51-52,59H,5-13,37H2,1-4H3,(H2,38,53)(H,39,55)(H,40,48)(H,41,49)(H,42,50)(H,43,54)(H,44,56)(H,57,58). The second kappa shape index (κ2) is 26.2. The van der Waals surface area contributed by atoms with Crippen molar-refractivity contribution in [3.8, 4) is 0 Å². The molecule has 0 bridgehead atoms. The van der Waals surface area contributed by atoms with Crippen LogP contribution in [-0.4, -0.2) is 201 Å². The monoisotopic (exact) mass is 910 g/mol. The summed E-state index contributed by atoms with van der Waals surface area (Å²) in [6.45, 7) is 2.26. The number of carbonyl (C=O) groups excluding carboxylic acids is 7. The maximum Gasteiger partial charge on any atom is 0.328 e. The van der Waals surface area contributed by atoms with Crippen molar-refractivity contribution < 1.29 is 93.0 Å². The molecule has 0 saturated carbocycles. The van der Waals surface area contributed by atoms with Crippen molar-refractivity contribution in [3.05, 3.63) is 0 Å². The Morgan fingerprint density at radius 1 is 0.698 bits per heavy atom. The molecule has 2 saturated heterocycles. The van der Waals surface area contributed by atoms with Crippen LogP contribution in [0.4, 0.5) is 0 Å². The molecule has 27 heteroatoms. The van der Waals surface area contributed by atoms with Crippen LogP contribution in [0.3, 0.4) is 0 Å². The number of carboxylic acid groups (broad SMARTS) is 1. The molecule has 0 aromatic heterocycles. The molecule has 360 valence electrons. The lowest BCUT2D eigenvalue weighted by atomic mass is 9.94. The molecule has 15 atom stereocenters. The minimum absolute atomic E-state index is 0.0504. The molecular weight excluding hydrogens is 848 g/mol. The van der Waals surface area contributed by atoms with Gasteiger partial charge in [0.15, 0.2) is 12.6 Å². The number of ether oxygens (including phenoxy) is 4. The van der Waals surface area contributed by atoms with Crippen LogP contribution in [0.1, 0.15) is 59.8 Å². The van der Waals surface area contributed by atoms with Gasteiger partial charge in [0.1, 0.15) is 79.0 Å². The number of primary amides is 1. The van der Waals surface area contributed by atoms with Gasteiger partial charge in [-0.25, -0.2) is 4.79 Å². The van der Waals surface area contributed by atoms with Crippen LogP contribution < -0.4 is 43.4 Å². The highest BCUT2D eigenvalue weighted by Gasteiger charge is 2.53. The van der Waals surface area contributed by atoms with Crippen molar-refractivity contribution in [2.75, 3.05) is 26.4 Å². The summed E-state index contributed by atoms with van der Waals surface area (Å²) in [4.78, 5) is 100. The van der Waals surface area contributed by atoms with Crippen molar-refractivity contribution in [1.82, 2.24) is 31.9 Å². The molecule has 27 nitrogen and oxygen atoms in total. The first-order valence-corrected chi connectivity index (χ1v) is 20.1. The van der Waals surface area contributed by atoms with Gasteiger partial charge in [-0.2, -0.15) is 0 Å². The van der Waals surface area contributed by atoms with Gasteiger partial charge >= 0.3 is 5.97 Å². The quantitative estimate of drug-likeness (QED) is 0.0378. The van der Waals surface area contributed by atoms with Crippen LogP contribution in [0.25, 0.3) is 0 Å². The number of carboxylic acids is 1. The van der Waals surface area contributed by atoms with Gasteiger partial charge in [-0.15, -0.1) is 0 Å².